The lowest BCUT2D eigenvalue weighted by molar-refractivity contribution is 0.0940. The topological polar surface area (TPSA) is 54.5 Å². The van der Waals surface area contributed by atoms with E-state index in [-0.39, 0.29) is 11.9 Å². The number of methoxy groups -OCH3 is 1. The number of amides is 1. The van der Waals surface area contributed by atoms with Crippen molar-refractivity contribution in [2.75, 3.05) is 25.1 Å². The number of benzene rings is 1. The van der Waals surface area contributed by atoms with Crippen molar-refractivity contribution in [2.45, 2.75) is 12.5 Å². The Hall–Kier alpha value is -2.27. The van der Waals surface area contributed by atoms with Gasteiger partial charge in [0.05, 0.1) is 18.4 Å². The van der Waals surface area contributed by atoms with Crippen LogP contribution in [0, 0.1) is 0 Å². The van der Waals surface area contributed by atoms with Gasteiger partial charge < -0.3 is 15.0 Å². The molecule has 1 N–H and O–H groups in total. The molecule has 2 heterocycles. The van der Waals surface area contributed by atoms with Crippen LogP contribution in [0.1, 0.15) is 16.8 Å². The lowest BCUT2D eigenvalue weighted by Gasteiger charge is -2.21. The van der Waals surface area contributed by atoms with Crippen LogP contribution in [0.5, 0.6) is 5.75 Å². The fourth-order valence-corrected chi connectivity index (χ4v) is 2.94. The van der Waals surface area contributed by atoms with Gasteiger partial charge in [-0.2, -0.15) is 0 Å². The summed E-state index contributed by atoms with van der Waals surface area (Å²) < 4.78 is 5.40. The molecule has 1 unspecified atom stereocenters. The van der Waals surface area contributed by atoms with Crippen LogP contribution in [0.2, 0.25) is 5.02 Å². The van der Waals surface area contributed by atoms with Gasteiger partial charge in [0.2, 0.25) is 0 Å². The Morgan fingerprint density at radius 2 is 2.30 bits per heavy atom. The van der Waals surface area contributed by atoms with Crippen molar-refractivity contribution in [3.63, 3.8) is 0 Å². The summed E-state index contributed by atoms with van der Waals surface area (Å²) in [5, 5.41) is 3.72. The predicted octanol–water partition coefficient (Wildman–Crippen LogP) is 2.75. The molecule has 1 aliphatic heterocycles. The number of nitrogens with one attached hydrogen (secondary N) is 1. The van der Waals surface area contributed by atoms with Gasteiger partial charge in [-0.1, -0.05) is 11.6 Å². The number of carbonyl (C=O) groups excluding carboxylic acids is 1. The average Bonchev–Trinajstić information content (AvgIpc) is 3.04. The van der Waals surface area contributed by atoms with E-state index in [1.807, 2.05) is 18.2 Å². The summed E-state index contributed by atoms with van der Waals surface area (Å²) in [5.41, 5.74) is 1.53. The maximum atomic E-state index is 12.2. The minimum absolute atomic E-state index is 0.0893. The summed E-state index contributed by atoms with van der Waals surface area (Å²) in [6.07, 6.45) is 4.10. The molecule has 1 aromatic carbocycles. The largest absolute Gasteiger partial charge is 0.495 e. The highest BCUT2D eigenvalue weighted by Crippen LogP contribution is 2.33. The number of halogens is 1. The number of ether oxygens (including phenoxy) is 1. The first kappa shape index (κ1) is 15.6. The molecule has 0 spiro atoms. The van der Waals surface area contributed by atoms with E-state index >= 15 is 0 Å². The third-order valence-electron chi connectivity index (χ3n) is 3.93. The Balaban J connectivity index is 1.67. The Labute approximate surface area is 140 Å². The maximum Gasteiger partial charge on any atom is 0.253 e. The van der Waals surface area contributed by atoms with Crippen LogP contribution in [-0.2, 0) is 0 Å². The van der Waals surface area contributed by atoms with Gasteiger partial charge in [-0.25, -0.2) is 0 Å². The molecule has 0 aliphatic carbocycles. The molecule has 2 aromatic rings. The third kappa shape index (κ3) is 3.56. The number of anilines is 1. The normalized spacial score (nSPS) is 17.1. The van der Waals surface area contributed by atoms with Crippen LogP contribution in [0.15, 0.2) is 42.7 Å². The molecule has 0 radical (unpaired) electrons. The number of pyridine rings is 1. The van der Waals surface area contributed by atoms with Crippen molar-refractivity contribution in [1.29, 1.82) is 0 Å². The molecule has 23 heavy (non-hydrogen) atoms. The standard InChI is InChI=1S/C17H18ClN3O2/c1-23-16-5-4-13(18)9-15(16)21-8-6-14(11-21)20-17(22)12-3-2-7-19-10-12/h2-5,7,9-10,14H,6,8,11H2,1H3,(H,20,22). The summed E-state index contributed by atoms with van der Waals surface area (Å²) in [6, 6.07) is 9.17. The van der Waals surface area contributed by atoms with E-state index in [2.05, 4.69) is 15.2 Å². The minimum atomic E-state index is -0.0944. The summed E-state index contributed by atoms with van der Waals surface area (Å²) >= 11 is 6.09. The Morgan fingerprint density at radius 1 is 1.43 bits per heavy atom. The van der Waals surface area contributed by atoms with Gasteiger partial charge in [0.1, 0.15) is 5.75 Å². The molecule has 0 saturated carbocycles. The highest BCUT2D eigenvalue weighted by molar-refractivity contribution is 6.30. The van der Waals surface area contributed by atoms with Crippen molar-refractivity contribution < 1.29 is 9.53 Å². The predicted molar refractivity (Wildman–Crippen MR) is 90.3 cm³/mol. The average molecular weight is 332 g/mol. The monoisotopic (exact) mass is 331 g/mol. The van der Waals surface area contributed by atoms with Crippen LogP contribution in [0.3, 0.4) is 0 Å². The van der Waals surface area contributed by atoms with Gasteiger partial charge in [-0.3, -0.25) is 9.78 Å². The van der Waals surface area contributed by atoms with Crippen molar-refractivity contribution in [3.05, 3.63) is 53.3 Å². The van der Waals surface area contributed by atoms with E-state index < -0.39 is 0 Å². The molecule has 3 rings (SSSR count). The van der Waals surface area contributed by atoms with E-state index in [9.17, 15) is 4.79 Å². The van der Waals surface area contributed by atoms with Gasteiger partial charge in [0.15, 0.2) is 0 Å². The molecule has 1 fully saturated rings. The van der Waals surface area contributed by atoms with Gasteiger partial charge in [-0.15, -0.1) is 0 Å². The van der Waals surface area contributed by atoms with Gasteiger partial charge in [0.25, 0.3) is 5.91 Å². The van der Waals surface area contributed by atoms with Crippen LogP contribution in [0.25, 0.3) is 0 Å². The zero-order valence-electron chi connectivity index (χ0n) is 12.8. The minimum Gasteiger partial charge on any atom is -0.495 e. The highest BCUT2D eigenvalue weighted by Gasteiger charge is 2.26. The summed E-state index contributed by atoms with van der Waals surface area (Å²) in [5.74, 6) is 0.691. The molecule has 1 aliphatic rings. The first-order valence-electron chi connectivity index (χ1n) is 7.47. The molecule has 0 bridgehead atoms. The van der Waals surface area contributed by atoms with Crippen LogP contribution in [-0.4, -0.2) is 37.1 Å². The van der Waals surface area contributed by atoms with Crippen molar-refractivity contribution in [2.24, 2.45) is 0 Å². The first-order valence-corrected chi connectivity index (χ1v) is 7.84. The quantitative estimate of drug-likeness (QED) is 0.936. The first-order chi connectivity index (χ1) is 11.2. The fourth-order valence-electron chi connectivity index (χ4n) is 2.77. The number of hydrogen-bond acceptors (Lipinski definition) is 4. The zero-order chi connectivity index (χ0) is 16.2. The van der Waals surface area contributed by atoms with Gasteiger partial charge in [-0.05, 0) is 36.8 Å². The van der Waals surface area contributed by atoms with Crippen LogP contribution < -0.4 is 15.0 Å². The summed E-state index contributed by atoms with van der Waals surface area (Å²) in [7, 11) is 1.64. The van der Waals surface area contributed by atoms with Crippen molar-refractivity contribution >= 4 is 23.2 Å². The Bertz CT molecular complexity index is 693. The summed E-state index contributed by atoms with van der Waals surface area (Å²) in [4.78, 5) is 18.4. The molecule has 6 heteroatoms. The summed E-state index contributed by atoms with van der Waals surface area (Å²) in [6.45, 7) is 1.57. The highest BCUT2D eigenvalue weighted by atomic mass is 35.5. The van der Waals surface area contributed by atoms with E-state index in [4.69, 9.17) is 16.3 Å². The van der Waals surface area contributed by atoms with E-state index in [0.717, 1.165) is 30.9 Å². The lowest BCUT2D eigenvalue weighted by Crippen LogP contribution is -2.37. The zero-order valence-corrected chi connectivity index (χ0v) is 13.6. The molecule has 120 valence electrons. The second-order valence-electron chi connectivity index (χ2n) is 5.46. The molecular weight excluding hydrogens is 314 g/mol. The number of nitrogens with zero attached hydrogens (tertiary/aromatic N) is 2. The van der Waals surface area contributed by atoms with E-state index in [0.29, 0.717) is 10.6 Å². The smallest absolute Gasteiger partial charge is 0.253 e. The lowest BCUT2D eigenvalue weighted by atomic mass is 10.2. The van der Waals surface area contributed by atoms with Crippen molar-refractivity contribution in [1.82, 2.24) is 10.3 Å². The SMILES string of the molecule is COc1ccc(Cl)cc1N1CCC(NC(=O)c2cccnc2)C1. The van der Waals surface area contributed by atoms with E-state index in [1.54, 1.807) is 31.6 Å². The van der Waals surface area contributed by atoms with Crippen LogP contribution in [0.4, 0.5) is 5.69 Å². The molecule has 1 amide bonds. The fraction of sp³-hybridized carbons (Fsp3) is 0.294. The van der Waals surface area contributed by atoms with Gasteiger partial charge >= 0.3 is 0 Å². The Morgan fingerprint density at radius 3 is 3.04 bits per heavy atom. The number of aromatic nitrogens is 1. The Kier molecular flexibility index (Phi) is 4.67. The number of hydrogen-bond donors (Lipinski definition) is 1. The second-order valence-corrected chi connectivity index (χ2v) is 5.90. The maximum absolute atomic E-state index is 12.2. The molecule has 5 nitrogen and oxygen atoms in total. The molecule has 1 atom stereocenters. The van der Waals surface area contributed by atoms with Crippen LogP contribution >= 0.6 is 11.6 Å². The number of carbonyl (C=O) groups is 1. The molecule has 1 saturated heterocycles. The molecule has 1 aromatic heterocycles. The number of rotatable bonds is 4. The van der Waals surface area contributed by atoms with E-state index in [1.165, 1.54) is 0 Å². The molecular formula is C17H18ClN3O2. The van der Waals surface area contributed by atoms with Crippen molar-refractivity contribution in [3.8, 4) is 5.75 Å². The second kappa shape index (κ2) is 6.87. The third-order valence-corrected chi connectivity index (χ3v) is 4.16. The van der Waals surface area contributed by atoms with Gasteiger partial charge in [0, 0.05) is 36.5 Å².